The maximum Gasteiger partial charge on any atom is 0.328 e. The van der Waals surface area contributed by atoms with Gasteiger partial charge in [0.05, 0.1) is 11.9 Å². The molecule has 0 radical (unpaired) electrons. The Hall–Kier alpha value is -2.57. The quantitative estimate of drug-likeness (QED) is 0.914. The SMILES string of the molecule is CC[C@@H](C(=O)O)n1nncc1-c1ccc2c(c1)OCO2. The van der Waals surface area contributed by atoms with Gasteiger partial charge in [0.15, 0.2) is 17.5 Å². The molecule has 1 atom stereocenters. The van der Waals surface area contributed by atoms with Crippen molar-refractivity contribution >= 4 is 5.97 Å². The summed E-state index contributed by atoms with van der Waals surface area (Å²) >= 11 is 0. The van der Waals surface area contributed by atoms with E-state index in [-0.39, 0.29) is 6.79 Å². The lowest BCUT2D eigenvalue weighted by molar-refractivity contribution is -0.141. The molecule has 0 saturated carbocycles. The summed E-state index contributed by atoms with van der Waals surface area (Å²) in [6.45, 7) is 1.99. The summed E-state index contributed by atoms with van der Waals surface area (Å²) in [6.07, 6.45) is 1.97. The molecule has 1 aromatic heterocycles. The Morgan fingerprint density at radius 3 is 3.00 bits per heavy atom. The number of carboxylic acids is 1. The largest absolute Gasteiger partial charge is 0.480 e. The van der Waals surface area contributed by atoms with Crippen LogP contribution >= 0.6 is 0 Å². The van der Waals surface area contributed by atoms with E-state index < -0.39 is 12.0 Å². The van der Waals surface area contributed by atoms with E-state index in [1.165, 1.54) is 4.68 Å². The summed E-state index contributed by atoms with van der Waals surface area (Å²) in [6, 6.07) is 4.68. The van der Waals surface area contributed by atoms with Gasteiger partial charge < -0.3 is 14.6 Å². The Bertz CT molecular complexity index is 653. The lowest BCUT2D eigenvalue weighted by atomic mass is 10.1. The maximum atomic E-state index is 11.3. The van der Waals surface area contributed by atoms with E-state index in [1.54, 1.807) is 25.3 Å². The van der Waals surface area contributed by atoms with Gasteiger partial charge in [-0.1, -0.05) is 12.1 Å². The Labute approximate surface area is 114 Å². The molecule has 2 heterocycles. The average Bonchev–Trinajstić information content (AvgIpc) is 3.06. The summed E-state index contributed by atoms with van der Waals surface area (Å²) in [5.41, 5.74) is 1.43. The van der Waals surface area contributed by atoms with Crippen LogP contribution in [0.4, 0.5) is 0 Å². The van der Waals surface area contributed by atoms with Crippen LogP contribution in [0.25, 0.3) is 11.3 Å². The van der Waals surface area contributed by atoms with Gasteiger partial charge in [0.25, 0.3) is 0 Å². The number of ether oxygens (including phenoxy) is 2. The van der Waals surface area contributed by atoms with Crippen molar-refractivity contribution in [2.45, 2.75) is 19.4 Å². The van der Waals surface area contributed by atoms with Crippen LogP contribution in [0.5, 0.6) is 11.5 Å². The van der Waals surface area contributed by atoms with Crippen molar-refractivity contribution < 1.29 is 19.4 Å². The number of hydrogen-bond donors (Lipinski definition) is 1. The highest BCUT2D eigenvalue weighted by atomic mass is 16.7. The number of nitrogens with zero attached hydrogens (tertiary/aromatic N) is 3. The second-order valence-electron chi connectivity index (χ2n) is 4.39. The lowest BCUT2D eigenvalue weighted by Crippen LogP contribution is -2.20. The van der Waals surface area contributed by atoms with E-state index in [0.717, 1.165) is 5.56 Å². The van der Waals surface area contributed by atoms with E-state index in [9.17, 15) is 9.90 Å². The van der Waals surface area contributed by atoms with Crippen molar-refractivity contribution in [3.8, 4) is 22.8 Å². The molecule has 1 aliphatic heterocycles. The predicted molar refractivity (Wildman–Crippen MR) is 68.5 cm³/mol. The van der Waals surface area contributed by atoms with Gasteiger partial charge in [-0.3, -0.25) is 0 Å². The number of carbonyl (C=O) groups is 1. The monoisotopic (exact) mass is 275 g/mol. The highest BCUT2D eigenvalue weighted by Crippen LogP contribution is 2.36. The van der Waals surface area contributed by atoms with Crippen LogP contribution in [0, 0.1) is 0 Å². The molecule has 0 unspecified atom stereocenters. The number of aromatic nitrogens is 3. The fraction of sp³-hybridized carbons (Fsp3) is 0.308. The zero-order chi connectivity index (χ0) is 14.1. The van der Waals surface area contributed by atoms with Gasteiger partial charge in [0, 0.05) is 5.56 Å². The third kappa shape index (κ3) is 1.97. The molecule has 1 N–H and O–H groups in total. The van der Waals surface area contributed by atoms with Crippen LogP contribution in [0.3, 0.4) is 0 Å². The van der Waals surface area contributed by atoms with Crippen LogP contribution in [-0.4, -0.2) is 32.9 Å². The van der Waals surface area contributed by atoms with E-state index >= 15 is 0 Å². The van der Waals surface area contributed by atoms with Crippen molar-refractivity contribution in [2.75, 3.05) is 6.79 Å². The Morgan fingerprint density at radius 1 is 1.45 bits per heavy atom. The van der Waals surface area contributed by atoms with Crippen molar-refractivity contribution in [2.24, 2.45) is 0 Å². The Kier molecular flexibility index (Phi) is 3.02. The Balaban J connectivity index is 2.03. The fourth-order valence-electron chi connectivity index (χ4n) is 2.19. The molecule has 2 aromatic rings. The molecule has 104 valence electrons. The van der Waals surface area contributed by atoms with Crippen LogP contribution in [0.1, 0.15) is 19.4 Å². The highest BCUT2D eigenvalue weighted by Gasteiger charge is 2.23. The minimum absolute atomic E-state index is 0.197. The van der Waals surface area contributed by atoms with E-state index in [1.807, 2.05) is 6.07 Å². The second kappa shape index (κ2) is 4.84. The first-order chi connectivity index (χ1) is 9.70. The van der Waals surface area contributed by atoms with E-state index in [4.69, 9.17) is 9.47 Å². The molecular formula is C13H13N3O4. The summed E-state index contributed by atoms with van der Waals surface area (Å²) < 4.78 is 12.0. The third-order valence-corrected chi connectivity index (χ3v) is 3.21. The average molecular weight is 275 g/mol. The zero-order valence-corrected chi connectivity index (χ0v) is 10.8. The number of benzene rings is 1. The molecule has 20 heavy (non-hydrogen) atoms. The normalized spacial score (nSPS) is 14.2. The molecular weight excluding hydrogens is 262 g/mol. The van der Waals surface area contributed by atoms with Gasteiger partial charge in [-0.25, -0.2) is 9.48 Å². The molecule has 7 heteroatoms. The van der Waals surface area contributed by atoms with Crippen molar-refractivity contribution in [1.82, 2.24) is 15.0 Å². The maximum absolute atomic E-state index is 11.3. The number of aliphatic carboxylic acids is 1. The Morgan fingerprint density at radius 2 is 2.25 bits per heavy atom. The van der Waals surface area contributed by atoms with Crippen LogP contribution in [0.15, 0.2) is 24.4 Å². The molecule has 7 nitrogen and oxygen atoms in total. The molecule has 0 bridgehead atoms. The van der Waals surface area contributed by atoms with Crippen molar-refractivity contribution in [3.05, 3.63) is 24.4 Å². The molecule has 0 fully saturated rings. The molecule has 0 amide bonds. The highest BCUT2D eigenvalue weighted by molar-refractivity contribution is 5.73. The fourth-order valence-corrected chi connectivity index (χ4v) is 2.19. The van der Waals surface area contributed by atoms with Gasteiger partial charge in [0.2, 0.25) is 6.79 Å². The number of fused-ring (bicyclic) bond motifs is 1. The topological polar surface area (TPSA) is 86.5 Å². The van der Waals surface area contributed by atoms with Gasteiger partial charge in [-0.15, -0.1) is 5.10 Å². The molecule has 0 saturated heterocycles. The predicted octanol–water partition coefficient (Wildman–Crippen LogP) is 1.71. The van der Waals surface area contributed by atoms with Crippen molar-refractivity contribution in [1.29, 1.82) is 0 Å². The first-order valence-electron chi connectivity index (χ1n) is 6.23. The minimum Gasteiger partial charge on any atom is -0.480 e. The van der Waals surface area contributed by atoms with Gasteiger partial charge in [-0.2, -0.15) is 0 Å². The molecule has 1 aromatic carbocycles. The molecule has 0 aliphatic carbocycles. The number of carboxylic acid groups (broad SMARTS) is 1. The van der Waals surface area contributed by atoms with Crippen LogP contribution < -0.4 is 9.47 Å². The summed E-state index contributed by atoms with van der Waals surface area (Å²) in [5.74, 6) is 0.386. The second-order valence-corrected chi connectivity index (χ2v) is 4.39. The third-order valence-electron chi connectivity index (χ3n) is 3.21. The molecule has 1 aliphatic rings. The van der Waals surface area contributed by atoms with Crippen molar-refractivity contribution in [3.63, 3.8) is 0 Å². The number of rotatable bonds is 4. The first-order valence-corrected chi connectivity index (χ1v) is 6.23. The summed E-state index contributed by atoms with van der Waals surface area (Å²) in [4.78, 5) is 11.3. The standard InChI is InChI=1S/C13H13N3O4/c1-2-9(13(17)18)16-10(6-14-15-16)8-3-4-11-12(5-8)20-7-19-11/h3-6,9H,2,7H2,1H3,(H,17,18)/t9-/m0/s1. The lowest BCUT2D eigenvalue weighted by Gasteiger charge is -2.13. The van der Waals surface area contributed by atoms with Gasteiger partial charge in [-0.05, 0) is 24.6 Å². The van der Waals surface area contributed by atoms with E-state index in [2.05, 4.69) is 10.3 Å². The molecule has 3 rings (SSSR count). The minimum atomic E-state index is -0.931. The summed E-state index contributed by atoms with van der Waals surface area (Å²) in [7, 11) is 0. The number of hydrogen-bond acceptors (Lipinski definition) is 5. The first kappa shape index (κ1) is 12.5. The zero-order valence-electron chi connectivity index (χ0n) is 10.8. The van der Waals surface area contributed by atoms with Crippen LogP contribution in [-0.2, 0) is 4.79 Å². The van der Waals surface area contributed by atoms with Gasteiger partial charge in [0.1, 0.15) is 0 Å². The smallest absolute Gasteiger partial charge is 0.328 e. The van der Waals surface area contributed by atoms with Crippen LogP contribution in [0.2, 0.25) is 0 Å². The molecule has 0 spiro atoms. The van der Waals surface area contributed by atoms with E-state index in [0.29, 0.717) is 23.6 Å². The van der Waals surface area contributed by atoms with Gasteiger partial charge >= 0.3 is 5.97 Å². The summed E-state index contributed by atoms with van der Waals surface area (Å²) in [5, 5.41) is 17.0.